The molecule has 0 amide bonds. The molecule has 0 fully saturated rings. The van der Waals surface area contributed by atoms with Gasteiger partial charge in [0.1, 0.15) is 5.82 Å². The summed E-state index contributed by atoms with van der Waals surface area (Å²) in [6.07, 6.45) is 3.97. The topological polar surface area (TPSA) is 48.7 Å². The first-order chi connectivity index (χ1) is 9.36. The zero-order valence-corrected chi connectivity index (χ0v) is 10.6. The zero-order chi connectivity index (χ0) is 13.1. The molecule has 1 aliphatic heterocycles. The number of nitriles is 1. The maximum atomic E-state index is 8.78. The summed E-state index contributed by atoms with van der Waals surface area (Å²) in [4.78, 5) is 4.34. The van der Waals surface area contributed by atoms with Gasteiger partial charge in [-0.2, -0.15) is 5.26 Å². The first kappa shape index (κ1) is 11.7. The van der Waals surface area contributed by atoms with E-state index in [1.54, 1.807) is 0 Å². The van der Waals surface area contributed by atoms with Gasteiger partial charge < -0.3 is 5.32 Å². The van der Waals surface area contributed by atoms with Gasteiger partial charge in [-0.1, -0.05) is 18.2 Å². The third-order valence-corrected chi connectivity index (χ3v) is 3.66. The smallest absolute Gasteiger partial charge is 0.129 e. The number of aromatic nitrogens is 1. The van der Waals surface area contributed by atoms with Crippen molar-refractivity contribution in [3.05, 3.63) is 59.3 Å². The van der Waals surface area contributed by atoms with Gasteiger partial charge in [-0.15, -0.1) is 0 Å². The normalized spacial score (nSPS) is 16.5. The summed E-state index contributed by atoms with van der Waals surface area (Å²) in [5.74, 6) is 1.58. The molecular formula is C16H15N3. The van der Waals surface area contributed by atoms with Crippen molar-refractivity contribution in [2.24, 2.45) is 0 Å². The lowest BCUT2D eigenvalue weighted by Crippen LogP contribution is -2.03. The van der Waals surface area contributed by atoms with Crippen LogP contribution in [-0.4, -0.2) is 11.5 Å². The Balaban J connectivity index is 1.66. The van der Waals surface area contributed by atoms with E-state index >= 15 is 0 Å². The standard InChI is InChI=1S/C16H15N3/c17-10-13-5-3-12(4-6-13)7-8-14-11-19-16-15(14)2-1-9-18-16/h1-6,9,14H,7-8,11H2,(H,18,19). The molecule has 0 spiro atoms. The van der Waals surface area contributed by atoms with Crippen LogP contribution in [0.2, 0.25) is 0 Å². The molecule has 1 unspecified atom stereocenters. The first-order valence-corrected chi connectivity index (χ1v) is 6.54. The molecule has 0 bridgehead atoms. The third-order valence-electron chi connectivity index (χ3n) is 3.66. The van der Waals surface area contributed by atoms with Crippen LogP contribution in [0.15, 0.2) is 42.6 Å². The summed E-state index contributed by atoms with van der Waals surface area (Å²) < 4.78 is 0. The largest absolute Gasteiger partial charge is 0.369 e. The quantitative estimate of drug-likeness (QED) is 0.909. The molecule has 2 heterocycles. The Hall–Kier alpha value is -2.34. The van der Waals surface area contributed by atoms with Gasteiger partial charge in [0.25, 0.3) is 0 Å². The Morgan fingerprint density at radius 3 is 2.89 bits per heavy atom. The van der Waals surface area contributed by atoms with E-state index in [2.05, 4.69) is 22.4 Å². The minimum atomic E-state index is 0.541. The van der Waals surface area contributed by atoms with Crippen molar-refractivity contribution in [2.75, 3.05) is 11.9 Å². The molecule has 1 atom stereocenters. The van der Waals surface area contributed by atoms with Gasteiger partial charge in [0.2, 0.25) is 0 Å². The van der Waals surface area contributed by atoms with E-state index in [-0.39, 0.29) is 0 Å². The van der Waals surface area contributed by atoms with Crippen LogP contribution in [0, 0.1) is 11.3 Å². The molecule has 3 rings (SSSR count). The number of hydrogen-bond acceptors (Lipinski definition) is 3. The Morgan fingerprint density at radius 2 is 2.11 bits per heavy atom. The first-order valence-electron chi connectivity index (χ1n) is 6.54. The Labute approximate surface area is 112 Å². The molecule has 1 aliphatic rings. The van der Waals surface area contributed by atoms with Gasteiger partial charge in [-0.3, -0.25) is 0 Å². The summed E-state index contributed by atoms with van der Waals surface area (Å²) in [6, 6.07) is 14.2. The van der Waals surface area contributed by atoms with Crippen LogP contribution in [0.5, 0.6) is 0 Å². The maximum absolute atomic E-state index is 8.78. The van der Waals surface area contributed by atoms with E-state index < -0.39 is 0 Å². The molecule has 3 nitrogen and oxygen atoms in total. The molecule has 0 radical (unpaired) electrons. The van der Waals surface area contributed by atoms with Gasteiger partial charge in [0, 0.05) is 18.7 Å². The molecule has 94 valence electrons. The molecule has 1 aromatic carbocycles. The van der Waals surface area contributed by atoms with Crippen LogP contribution in [0.1, 0.15) is 29.0 Å². The van der Waals surface area contributed by atoms with Crippen LogP contribution in [0.3, 0.4) is 0 Å². The van der Waals surface area contributed by atoms with Gasteiger partial charge in [-0.25, -0.2) is 4.98 Å². The SMILES string of the molecule is N#Cc1ccc(CCC2CNc3ncccc32)cc1. The Morgan fingerprint density at radius 1 is 1.26 bits per heavy atom. The highest BCUT2D eigenvalue weighted by molar-refractivity contribution is 5.51. The maximum Gasteiger partial charge on any atom is 0.129 e. The summed E-state index contributed by atoms with van der Waals surface area (Å²) in [6.45, 7) is 0.975. The lowest BCUT2D eigenvalue weighted by atomic mass is 9.95. The van der Waals surface area contributed by atoms with E-state index in [0.717, 1.165) is 30.8 Å². The van der Waals surface area contributed by atoms with Crippen LogP contribution in [0.25, 0.3) is 0 Å². The summed E-state index contributed by atoms with van der Waals surface area (Å²) in [7, 11) is 0. The number of benzene rings is 1. The summed E-state index contributed by atoms with van der Waals surface area (Å²) in [5, 5.41) is 12.1. The number of hydrogen-bond donors (Lipinski definition) is 1. The second-order valence-corrected chi connectivity index (χ2v) is 4.87. The molecule has 0 saturated carbocycles. The molecule has 0 aliphatic carbocycles. The summed E-state index contributed by atoms with van der Waals surface area (Å²) >= 11 is 0. The van der Waals surface area contributed by atoms with Gasteiger partial charge in [0.15, 0.2) is 0 Å². The molecule has 2 aromatic rings. The van der Waals surface area contributed by atoms with Gasteiger partial charge in [0.05, 0.1) is 11.6 Å². The molecule has 19 heavy (non-hydrogen) atoms. The average molecular weight is 249 g/mol. The van der Waals surface area contributed by atoms with E-state index in [1.807, 2.05) is 36.5 Å². The zero-order valence-electron chi connectivity index (χ0n) is 10.6. The third kappa shape index (κ3) is 2.43. The predicted molar refractivity (Wildman–Crippen MR) is 74.9 cm³/mol. The van der Waals surface area contributed by atoms with E-state index in [9.17, 15) is 0 Å². The number of anilines is 1. The van der Waals surface area contributed by atoms with Crippen molar-refractivity contribution in [3.8, 4) is 6.07 Å². The van der Waals surface area contributed by atoms with Crippen LogP contribution in [-0.2, 0) is 6.42 Å². The highest BCUT2D eigenvalue weighted by Gasteiger charge is 2.22. The van der Waals surface area contributed by atoms with Crippen molar-refractivity contribution < 1.29 is 0 Å². The van der Waals surface area contributed by atoms with Crippen LogP contribution in [0.4, 0.5) is 5.82 Å². The van der Waals surface area contributed by atoms with Crippen molar-refractivity contribution >= 4 is 5.82 Å². The lowest BCUT2D eigenvalue weighted by molar-refractivity contribution is 0.675. The molecule has 0 saturated heterocycles. The second-order valence-electron chi connectivity index (χ2n) is 4.87. The number of pyridine rings is 1. The van der Waals surface area contributed by atoms with E-state index in [4.69, 9.17) is 5.26 Å². The van der Waals surface area contributed by atoms with Gasteiger partial charge >= 0.3 is 0 Å². The van der Waals surface area contributed by atoms with Crippen molar-refractivity contribution in [3.63, 3.8) is 0 Å². The molecule has 3 heteroatoms. The van der Waals surface area contributed by atoms with E-state index in [0.29, 0.717) is 5.92 Å². The average Bonchev–Trinajstić information content (AvgIpc) is 2.89. The summed E-state index contributed by atoms with van der Waals surface area (Å²) in [5.41, 5.74) is 3.34. The fourth-order valence-electron chi connectivity index (χ4n) is 2.57. The number of nitrogens with zero attached hydrogens (tertiary/aromatic N) is 2. The van der Waals surface area contributed by atoms with E-state index in [1.165, 1.54) is 11.1 Å². The fraction of sp³-hybridized carbons (Fsp3) is 0.250. The Bertz CT molecular complexity index is 611. The van der Waals surface area contributed by atoms with Gasteiger partial charge in [-0.05, 0) is 42.2 Å². The highest BCUT2D eigenvalue weighted by Crippen LogP contribution is 2.32. The highest BCUT2D eigenvalue weighted by atomic mass is 15.0. The minimum Gasteiger partial charge on any atom is -0.369 e. The predicted octanol–water partition coefficient (Wildman–Crippen LogP) is 3.10. The van der Waals surface area contributed by atoms with Crippen molar-refractivity contribution in [1.29, 1.82) is 5.26 Å². The minimum absolute atomic E-state index is 0.541. The molecular weight excluding hydrogens is 234 g/mol. The van der Waals surface area contributed by atoms with Crippen LogP contribution >= 0.6 is 0 Å². The lowest BCUT2D eigenvalue weighted by Gasteiger charge is -2.09. The second kappa shape index (κ2) is 5.11. The van der Waals surface area contributed by atoms with Crippen LogP contribution < -0.4 is 5.32 Å². The number of rotatable bonds is 3. The van der Waals surface area contributed by atoms with Crippen molar-refractivity contribution in [1.82, 2.24) is 4.98 Å². The number of nitrogens with one attached hydrogen (secondary N) is 1. The fourth-order valence-corrected chi connectivity index (χ4v) is 2.57. The van der Waals surface area contributed by atoms with Crippen molar-refractivity contribution in [2.45, 2.75) is 18.8 Å². The monoisotopic (exact) mass is 249 g/mol. The number of fused-ring (bicyclic) bond motifs is 1. The number of aryl methyl sites for hydroxylation is 1. The molecule has 1 N–H and O–H groups in total. The molecule has 1 aromatic heterocycles. The Kier molecular flexibility index (Phi) is 3.16.